The Morgan fingerprint density at radius 2 is 1.95 bits per heavy atom. The van der Waals surface area contributed by atoms with Crippen LogP contribution in [0.15, 0.2) is 48.5 Å². The van der Waals surface area contributed by atoms with Gasteiger partial charge in [-0.2, -0.15) is 0 Å². The van der Waals surface area contributed by atoms with Crippen molar-refractivity contribution < 1.29 is 4.79 Å². The number of benzene rings is 2. The quantitative estimate of drug-likeness (QED) is 0.861. The summed E-state index contributed by atoms with van der Waals surface area (Å²) in [7, 11) is 0. The number of hydrogen-bond acceptors (Lipinski definition) is 2. The molecule has 0 radical (unpaired) electrons. The lowest BCUT2D eigenvalue weighted by molar-refractivity contribution is -0.117. The molecule has 0 aliphatic carbocycles. The van der Waals surface area contributed by atoms with Gasteiger partial charge in [0, 0.05) is 12.2 Å². The van der Waals surface area contributed by atoms with Crippen LogP contribution in [-0.2, 0) is 17.8 Å². The molecule has 0 aliphatic heterocycles. The zero-order valence-corrected chi connectivity index (χ0v) is 11.0. The summed E-state index contributed by atoms with van der Waals surface area (Å²) < 4.78 is 0. The zero-order chi connectivity index (χ0) is 13.7. The van der Waals surface area contributed by atoms with Crippen LogP contribution < -0.4 is 11.1 Å². The average Bonchev–Trinajstić information content (AvgIpc) is 2.37. The summed E-state index contributed by atoms with van der Waals surface area (Å²) in [5.74, 6) is -0.315. The number of amides is 1. The van der Waals surface area contributed by atoms with Crippen LogP contribution in [0.5, 0.6) is 0 Å². The molecule has 1 amide bonds. The summed E-state index contributed by atoms with van der Waals surface area (Å²) in [4.78, 5) is 11.0. The van der Waals surface area contributed by atoms with E-state index in [-0.39, 0.29) is 12.3 Å². The Hall–Kier alpha value is -2.29. The third-order valence-corrected chi connectivity index (χ3v) is 2.95. The molecule has 0 atom stereocenters. The normalized spacial score (nSPS) is 10.2. The molecule has 19 heavy (non-hydrogen) atoms. The van der Waals surface area contributed by atoms with Crippen molar-refractivity contribution in [3.63, 3.8) is 0 Å². The second-order valence-electron chi connectivity index (χ2n) is 4.64. The van der Waals surface area contributed by atoms with Crippen molar-refractivity contribution in [1.29, 1.82) is 0 Å². The zero-order valence-electron chi connectivity index (χ0n) is 11.0. The molecule has 3 N–H and O–H groups in total. The number of nitrogens with one attached hydrogen (secondary N) is 1. The van der Waals surface area contributed by atoms with Crippen LogP contribution in [0.2, 0.25) is 0 Å². The Morgan fingerprint density at radius 1 is 1.16 bits per heavy atom. The van der Waals surface area contributed by atoms with E-state index in [4.69, 9.17) is 5.73 Å². The highest BCUT2D eigenvalue weighted by molar-refractivity contribution is 5.78. The van der Waals surface area contributed by atoms with Gasteiger partial charge in [-0.15, -0.1) is 0 Å². The van der Waals surface area contributed by atoms with Crippen molar-refractivity contribution in [3.05, 3.63) is 65.2 Å². The fourth-order valence-corrected chi connectivity index (χ4v) is 2.05. The molecule has 3 heteroatoms. The second kappa shape index (κ2) is 6.05. The lowest BCUT2D eigenvalue weighted by Gasteiger charge is -2.11. The highest BCUT2D eigenvalue weighted by atomic mass is 16.1. The van der Waals surface area contributed by atoms with E-state index < -0.39 is 0 Å². The van der Waals surface area contributed by atoms with Gasteiger partial charge in [0.05, 0.1) is 6.42 Å². The van der Waals surface area contributed by atoms with Gasteiger partial charge in [-0.3, -0.25) is 4.79 Å². The maximum atomic E-state index is 11.0. The number of nitrogens with two attached hydrogens (primary N) is 1. The highest BCUT2D eigenvalue weighted by Crippen LogP contribution is 2.17. The first-order chi connectivity index (χ1) is 9.15. The molecule has 0 aromatic heterocycles. The molecule has 0 aliphatic rings. The van der Waals surface area contributed by atoms with Crippen molar-refractivity contribution in [2.45, 2.75) is 19.9 Å². The first kappa shape index (κ1) is 13.1. The summed E-state index contributed by atoms with van der Waals surface area (Å²) in [5, 5.41) is 3.35. The van der Waals surface area contributed by atoms with Crippen molar-refractivity contribution in [1.82, 2.24) is 0 Å². The van der Waals surface area contributed by atoms with Gasteiger partial charge in [0.15, 0.2) is 0 Å². The molecular weight excluding hydrogens is 236 g/mol. The van der Waals surface area contributed by atoms with Crippen LogP contribution in [0.3, 0.4) is 0 Å². The summed E-state index contributed by atoms with van der Waals surface area (Å²) >= 11 is 0. The van der Waals surface area contributed by atoms with Gasteiger partial charge < -0.3 is 11.1 Å². The average molecular weight is 254 g/mol. The molecule has 2 rings (SSSR count). The molecule has 98 valence electrons. The monoisotopic (exact) mass is 254 g/mol. The predicted octanol–water partition coefficient (Wildman–Crippen LogP) is 2.63. The van der Waals surface area contributed by atoms with E-state index in [0.717, 1.165) is 17.8 Å². The summed E-state index contributed by atoms with van der Waals surface area (Å²) in [5.41, 5.74) is 9.60. The van der Waals surface area contributed by atoms with Crippen molar-refractivity contribution in [3.8, 4) is 0 Å². The maximum absolute atomic E-state index is 11.0. The third-order valence-electron chi connectivity index (χ3n) is 2.95. The fraction of sp³-hybridized carbons (Fsp3) is 0.188. The van der Waals surface area contributed by atoms with Gasteiger partial charge in [-0.1, -0.05) is 48.0 Å². The SMILES string of the molecule is Cc1cccc(CNc2ccccc2CC(N)=O)c1. The number of primary amides is 1. The molecule has 0 spiro atoms. The standard InChI is InChI=1S/C16H18N2O/c1-12-5-4-6-13(9-12)11-18-15-8-3-2-7-14(15)10-16(17)19/h2-9,18H,10-11H2,1H3,(H2,17,19). The van der Waals surface area contributed by atoms with Gasteiger partial charge in [-0.05, 0) is 24.1 Å². The lowest BCUT2D eigenvalue weighted by atomic mass is 10.1. The Morgan fingerprint density at radius 3 is 2.68 bits per heavy atom. The molecule has 0 saturated heterocycles. The van der Waals surface area contributed by atoms with Crippen molar-refractivity contribution in [2.24, 2.45) is 5.73 Å². The van der Waals surface area contributed by atoms with Crippen LogP contribution in [0, 0.1) is 6.92 Å². The summed E-state index contributed by atoms with van der Waals surface area (Å²) in [6, 6.07) is 16.1. The first-order valence-electron chi connectivity index (χ1n) is 6.31. The Kier molecular flexibility index (Phi) is 4.18. The van der Waals surface area contributed by atoms with E-state index in [2.05, 4.69) is 30.4 Å². The number of para-hydroxylation sites is 1. The van der Waals surface area contributed by atoms with E-state index in [1.165, 1.54) is 11.1 Å². The number of rotatable bonds is 5. The molecule has 0 fully saturated rings. The highest BCUT2D eigenvalue weighted by Gasteiger charge is 2.04. The van der Waals surface area contributed by atoms with E-state index in [1.807, 2.05) is 30.3 Å². The fourth-order valence-electron chi connectivity index (χ4n) is 2.05. The molecule has 2 aromatic rings. The van der Waals surface area contributed by atoms with E-state index in [1.54, 1.807) is 0 Å². The molecule has 3 nitrogen and oxygen atoms in total. The molecule has 0 unspecified atom stereocenters. The number of hydrogen-bond donors (Lipinski definition) is 2. The minimum Gasteiger partial charge on any atom is -0.381 e. The van der Waals surface area contributed by atoms with E-state index in [0.29, 0.717) is 0 Å². The molecular formula is C16H18N2O. The predicted molar refractivity (Wildman–Crippen MR) is 77.8 cm³/mol. The lowest BCUT2D eigenvalue weighted by Crippen LogP contribution is -2.15. The van der Waals surface area contributed by atoms with Crippen LogP contribution in [0.4, 0.5) is 5.69 Å². The van der Waals surface area contributed by atoms with Gasteiger partial charge in [0.2, 0.25) is 5.91 Å². The van der Waals surface area contributed by atoms with Gasteiger partial charge >= 0.3 is 0 Å². The van der Waals surface area contributed by atoms with E-state index >= 15 is 0 Å². The van der Waals surface area contributed by atoms with Crippen LogP contribution in [0.25, 0.3) is 0 Å². The van der Waals surface area contributed by atoms with Crippen molar-refractivity contribution >= 4 is 11.6 Å². The van der Waals surface area contributed by atoms with Crippen LogP contribution in [0.1, 0.15) is 16.7 Å². The number of carbonyl (C=O) groups excluding carboxylic acids is 1. The van der Waals surface area contributed by atoms with Crippen molar-refractivity contribution in [2.75, 3.05) is 5.32 Å². The Balaban J connectivity index is 2.09. The Labute approximate surface area is 113 Å². The van der Waals surface area contributed by atoms with Gasteiger partial charge in [-0.25, -0.2) is 0 Å². The first-order valence-corrected chi connectivity index (χ1v) is 6.31. The van der Waals surface area contributed by atoms with Gasteiger partial charge in [0.1, 0.15) is 0 Å². The molecule has 0 heterocycles. The molecule has 0 saturated carbocycles. The van der Waals surface area contributed by atoms with E-state index in [9.17, 15) is 4.79 Å². The smallest absolute Gasteiger partial charge is 0.221 e. The number of aryl methyl sites for hydroxylation is 1. The summed E-state index contributed by atoms with van der Waals surface area (Å²) in [6.07, 6.45) is 0.261. The topological polar surface area (TPSA) is 55.1 Å². The number of carbonyl (C=O) groups is 1. The largest absolute Gasteiger partial charge is 0.381 e. The number of anilines is 1. The van der Waals surface area contributed by atoms with Crippen LogP contribution >= 0.6 is 0 Å². The van der Waals surface area contributed by atoms with Gasteiger partial charge in [0.25, 0.3) is 0 Å². The maximum Gasteiger partial charge on any atom is 0.221 e. The van der Waals surface area contributed by atoms with Crippen LogP contribution in [-0.4, -0.2) is 5.91 Å². The second-order valence-corrected chi connectivity index (χ2v) is 4.64. The minimum atomic E-state index is -0.315. The Bertz CT molecular complexity index is 578. The minimum absolute atomic E-state index is 0.261. The molecule has 2 aromatic carbocycles. The third kappa shape index (κ3) is 3.85. The summed E-state index contributed by atoms with van der Waals surface area (Å²) in [6.45, 7) is 2.81. The molecule has 0 bridgehead atoms.